The molecule has 0 radical (unpaired) electrons. The Morgan fingerprint density at radius 2 is 1.67 bits per heavy atom. The van der Waals surface area contributed by atoms with E-state index in [2.05, 4.69) is 10.9 Å². The van der Waals surface area contributed by atoms with Crippen LogP contribution in [0.1, 0.15) is 23.2 Å². The third kappa shape index (κ3) is 4.52. The monoisotopic (exact) mass is 251 g/mol. The SMILES string of the molecule is Nc1ccc(C(=O)NNC(=O)CCC(=O)O)cc1. The molecule has 0 fully saturated rings. The average molecular weight is 251 g/mol. The minimum atomic E-state index is -1.07. The normalized spacial score (nSPS) is 9.56. The number of amides is 2. The van der Waals surface area contributed by atoms with Crippen LogP contribution in [0.15, 0.2) is 24.3 Å². The van der Waals surface area contributed by atoms with Gasteiger partial charge in [0, 0.05) is 17.7 Å². The van der Waals surface area contributed by atoms with Crippen molar-refractivity contribution in [3.05, 3.63) is 29.8 Å². The average Bonchev–Trinajstić information content (AvgIpc) is 2.34. The van der Waals surface area contributed by atoms with Crippen LogP contribution in [0.25, 0.3) is 0 Å². The van der Waals surface area contributed by atoms with Crippen LogP contribution in [0, 0.1) is 0 Å². The smallest absolute Gasteiger partial charge is 0.303 e. The maximum atomic E-state index is 11.5. The predicted molar refractivity (Wildman–Crippen MR) is 63.3 cm³/mol. The first-order valence-corrected chi connectivity index (χ1v) is 5.15. The van der Waals surface area contributed by atoms with E-state index in [1.807, 2.05) is 0 Å². The summed E-state index contributed by atoms with van der Waals surface area (Å²) < 4.78 is 0. The molecule has 0 spiro atoms. The van der Waals surface area contributed by atoms with Crippen molar-refractivity contribution in [3.63, 3.8) is 0 Å². The number of nitrogens with two attached hydrogens (primary N) is 1. The molecule has 0 saturated carbocycles. The number of hydrogen-bond acceptors (Lipinski definition) is 4. The van der Waals surface area contributed by atoms with Gasteiger partial charge in [0.1, 0.15) is 0 Å². The third-order valence-electron chi connectivity index (χ3n) is 2.05. The molecule has 0 heterocycles. The van der Waals surface area contributed by atoms with Crippen LogP contribution in [0.4, 0.5) is 5.69 Å². The van der Waals surface area contributed by atoms with E-state index in [1.54, 1.807) is 12.1 Å². The van der Waals surface area contributed by atoms with Gasteiger partial charge in [0.2, 0.25) is 5.91 Å². The Bertz CT molecular complexity index is 456. The van der Waals surface area contributed by atoms with Gasteiger partial charge in [-0.15, -0.1) is 0 Å². The van der Waals surface area contributed by atoms with Crippen molar-refractivity contribution in [3.8, 4) is 0 Å². The molecule has 1 aromatic carbocycles. The Morgan fingerprint density at radius 1 is 1.06 bits per heavy atom. The highest BCUT2D eigenvalue weighted by Crippen LogP contribution is 2.04. The van der Waals surface area contributed by atoms with Crippen molar-refractivity contribution in [2.45, 2.75) is 12.8 Å². The largest absolute Gasteiger partial charge is 0.481 e. The topological polar surface area (TPSA) is 122 Å². The van der Waals surface area contributed by atoms with Crippen LogP contribution in [-0.4, -0.2) is 22.9 Å². The Labute approximate surface area is 103 Å². The highest BCUT2D eigenvalue weighted by molar-refractivity contribution is 5.95. The first-order valence-electron chi connectivity index (χ1n) is 5.15. The van der Waals surface area contributed by atoms with Crippen LogP contribution in [0.3, 0.4) is 0 Å². The lowest BCUT2D eigenvalue weighted by Crippen LogP contribution is -2.41. The van der Waals surface area contributed by atoms with Gasteiger partial charge in [-0.05, 0) is 24.3 Å². The van der Waals surface area contributed by atoms with Crippen LogP contribution >= 0.6 is 0 Å². The van der Waals surface area contributed by atoms with Crippen LogP contribution in [0.5, 0.6) is 0 Å². The van der Waals surface area contributed by atoms with E-state index in [0.29, 0.717) is 11.3 Å². The molecule has 7 heteroatoms. The number of carbonyl (C=O) groups is 3. The number of carboxylic acid groups (broad SMARTS) is 1. The molecular formula is C11H13N3O4. The molecule has 0 aliphatic heterocycles. The molecule has 0 aliphatic carbocycles. The maximum Gasteiger partial charge on any atom is 0.303 e. The molecule has 0 unspecified atom stereocenters. The minimum absolute atomic E-state index is 0.197. The summed E-state index contributed by atoms with van der Waals surface area (Å²) >= 11 is 0. The number of nitrogen functional groups attached to an aromatic ring is 1. The maximum absolute atomic E-state index is 11.5. The number of hydrazine groups is 1. The fourth-order valence-corrected chi connectivity index (χ4v) is 1.12. The van der Waals surface area contributed by atoms with Gasteiger partial charge in [-0.3, -0.25) is 25.2 Å². The Hall–Kier alpha value is -2.57. The fraction of sp³-hybridized carbons (Fsp3) is 0.182. The van der Waals surface area contributed by atoms with E-state index in [4.69, 9.17) is 10.8 Å². The molecule has 0 aromatic heterocycles. The quantitative estimate of drug-likeness (QED) is 0.439. The van der Waals surface area contributed by atoms with Gasteiger partial charge in [0.25, 0.3) is 5.91 Å². The number of benzene rings is 1. The highest BCUT2D eigenvalue weighted by atomic mass is 16.4. The lowest BCUT2D eigenvalue weighted by molar-refractivity contribution is -0.138. The summed E-state index contributed by atoms with van der Waals surface area (Å²) in [5.41, 5.74) is 10.6. The van der Waals surface area contributed by atoms with Crippen molar-refractivity contribution in [2.24, 2.45) is 0 Å². The zero-order chi connectivity index (χ0) is 13.5. The molecule has 0 aliphatic rings. The van der Waals surface area contributed by atoms with Crippen molar-refractivity contribution < 1.29 is 19.5 Å². The second-order valence-corrected chi connectivity index (χ2v) is 3.52. The Kier molecular flexibility index (Phi) is 4.67. The molecule has 0 atom stereocenters. The van der Waals surface area contributed by atoms with E-state index in [9.17, 15) is 14.4 Å². The molecule has 1 rings (SSSR count). The number of aliphatic carboxylic acids is 1. The van der Waals surface area contributed by atoms with Crippen molar-refractivity contribution in [2.75, 3.05) is 5.73 Å². The first kappa shape index (κ1) is 13.5. The van der Waals surface area contributed by atoms with Gasteiger partial charge < -0.3 is 10.8 Å². The van der Waals surface area contributed by atoms with Crippen LogP contribution < -0.4 is 16.6 Å². The van der Waals surface area contributed by atoms with Crippen LogP contribution in [0.2, 0.25) is 0 Å². The number of rotatable bonds is 4. The highest BCUT2D eigenvalue weighted by Gasteiger charge is 2.08. The van der Waals surface area contributed by atoms with E-state index in [0.717, 1.165) is 0 Å². The summed E-state index contributed by atoms with van der Waals surface area (Å²) in [5, 5.41) is 8.36. The summed E-state index contributed by atoms with van der Waals surface area (Å²) in [7, 11) is 0. The molecule has 5 N–H and O–H groups in total. The van der Waals surface area contributed by atoms with E-state index in [-0.39, 0.29) is 12.8 Å². The summed E-state index contributed by atoms with van der Waals surface area (Å²) in [6, 6.07) is 6.13. The van der Waals surface area contributed by atoms with E-state index >= 15 is 0 Å². The molecular weight excluding hydrogens is 238 g/mol. The van der Waals surface area contributed by atoms with Crippen molar-refractivity contribution in [1.82, 2.24) is 10.9 Å². The van der Waals surface area contributed by atoms with E-state index in [1.165, 1.54) is 12.1 Å². The molecule has 96 valence electrons. The zero-order valence-corrected chi connectivity index (χ0v) is 9.47. The lowest BCUT2D eigenvalue weighted by Gasteiger charge is -2.06. The number of carbonyl (C=O) groups excluding carboxylic acids is 2. The minimum Gasteiger partial charge on any atom is -0.481 e. The third-order valence-corrected chi connectivity index (χ3v) is 2.05. The van der Waals surface area contributed by atoms with Gasteiger partial charge in [-0.1, -0.05) is 0 Å². The number of nitrogens with one attached hydrogen (secondary N) is 2. The summed E-state index contributed by atoms with van der Waals surface area (Å²) in [5.74, 6) is -2.14. The molecule has 2 amide bonds. The molecule has 7 nitrogen and oxygen atoms in total. The summed E-state index contributed by atoms with van der Waals surface area (Å²) in [6.07, 6.45) is -0.485. The Morgan fingerprint density at radius 3 is 2.22 bits per heavy atom. The van der Waals surface area contributed by atoms with E-state index < -0.39 is 17.8 Å². The fourth-order valence-electron chi connectivity index (χ4n) is 1.12. The van der Waals surface area contributed by atoms with Crippen molar-refractivity contribution in [1.29, 1.82) is 0 Å². The molecule has 18 heavy (non-hydrogen) atoms. The summed E-state index contributed by atoms with van der Waals surface area (Å²) in [6.45, 7) is 0. The number of carboxylic acids is 1. The second-order valence-electron chi connectivity index (χ2n) is 3.52. The van der Waals surface area contributed by atoms with Gasteiger partial charge in [-0.2, -0.15) is 0 Å². The van der Waals surface area contributed by atoms with Crippen molar-refractivity contribution >= 4 is 23.5 Å². The standard InChI is InChI=1S/C11H13N3O4/c12-8-3-1-7(2-4-8)11(18)14-13-9(15)5-6-10(16)17/h1-4H,5-6,12H2,(H,13,15)(H,14,18)(H,16,17). The zero-order valence-electron chi connectivity index (χ0n) is 9.47. The lowest BCUT2D eigenvalue weighted by atomic mass is 10.2. The van der Waals surface area contributed by atoms with Gasteiger partial charge in [0.15, 0.2) is 0 Å². The predicted octanol–water partition coefficient (Wildman–Crippen LogP) is -0.105. The second kappa shape index (κ2) is 6.24. The van der Waals surface area contributed by atoms with Gasteiger partial charge >= 0.3 is 5.97 Å². The molecule has 0 saturated heterocycles. The summed E-state index contributed by atoms with van der Waals surface area (Å²) in [4.78, 5) is 32.9. The Balaban J connectivity index is 2.39. The number of hydrogen-bond donors (Lipinski definition) is 4. The van der Waals surface area contributed by atoms with Gasteiger partial charge in [-0.25, -0.2) is 0 Å². The molecule has 1 aromatic rings. The number of anilines is 1. The van der Waals surface area contributed by atoms with Gasteiger partial charge in [0.05, 0.1) is 6.42 Å². The molecule has 0 bridgehead atoms. The van der Waals surface area contributed by atoms with Crippen LogP contribution in [-0.2, 0) is 9.59 Å². The first-order chi connectivity index (χ1) is 8.49.